The highest BCUT2D eigenvalue weighted by Gasteiger charge is 2.15. The lowest BCUT2D eigenvalue weighted by atomic mass is 10.1. The summed E-state index contributed by atoms with van der Waals surface area (Å²) in [5.41, 5.74) is 13.1. The minimum Gasteiger partial charge on any atom is -0.480 e. The Morgan fingerprint density at radius 3 is 1.82 bits per heavy atom. The summed E-state index contributed by atoms with van der Waals surface area (Å²) in [6.07, 6.45) is 1.05. The molecule has 0 fully saturated rings. The number of carbonyl (C=O) groups is 2. The van der Waals surface area contributed by atoms with E-state index in [1.807, 2.05) is 74.5 Å². The second-order valence-corrected chi connectivity index (χ2v) is 6.96. The summed E-state index contributed by atoms with van der Waals surface area (Å²) >= 11 is 0. The zero-order valence-corrected chi connectivity index (χ0v) is 16.5. The van der Waals surface area contributed by atoms with E-state index in [-0.39, 0.29) is 12.6 Å². The van der Waals surface area contributed by atoms with Crippen LogP contribution in [0.5, 0.6) is 0 Å². The van der Waals surface area contributed by atoms with Gasteiger partial charge in [0.25, 0.3) is 0 Å². The van der Waals surface area contributed by atoms with Crippen molar-refractivity contribution in [3.8, 4) is 0 Å². The number of nitrogens with two attached hydrogens (primary N) is 2. The maximum absolute atomic E-state index is 11.8. The van der Waals surface area contributed by atoms with Crippen LogP contribution in [0.15, 0.2) is 60.7 Å². The highest BCUT2D eigenvalue weighted by molar-refractivity contribution is 5.75. The molecule has 0 aromatic heterocycles. The molecule has 152 valence electrons. The summed E-state index contributed by atoms with van der Waals surface area (Å²) in [5.74, 6) is -0.924. The van der Waals surface area contributed by atoms with Crippen LogP contribution in [0.2, 0.25) is 0 Å². The molecule has 5 N–H and O–H groups in total. The Morgan fingerprint density at radius 2 is 1.39 bits per heavy atom. The van der Waals surface area contributed by atoms with Crippen molar-refractivity contribution in [1.82, 2.24) is 0 Å². The first-order chi connectivity index (χ1) is 13.3. The number of carbonyl (C=O) groups excluding carboxylic acids is 1. The molecule has 0 heterocycles. The Labute approximate surface area is 166 Å². The molecule has 0 unspecified atom stereocenters. The van der Waals surface area contributed by atoms with Crippen LogP contribution in [0.1, 0.15) is 31.4 Å². The second-order valence-electron chi connectivity index (χ2n) is 6.96. The molecule has 0 aliphatic heterocycles. The lowest BCUT2D eigenvalue weighted by Crippen LogP contribution is -2.34. The molecule has 2 atom stereocenters. The minimum absolute atomic E-state index is 0.266. The lowest BCUT2D eigenvalue weighted by Gasteiger charge is -2.11. The van der Waals surface area contributed by atoms with Crippen molar-refractivity contribution >= 4 is 11.9 Å². The van der Waals surface area contributed by atoms with Gasteiger partial charge in [-0.1, -0.05) is 74.5 Å². The molecule has 28 heavy (non-hydrogen) atoms. The van der Waals surface area contributed by atoms with E-state index in [1.165, 1.54) is 0 Å². The Kier molecular flexibility index (Phi) is 10.5. The normalized spacial score (nSPS) is 12.5. The number of carboxylic acid groups (broad SMARTS) is 1. The predicted octanol–water partition coefficient (Wildman–Crippen LogP) is 2.74. The van der Waals surface area contributed by atoms with Gasteiger partial charge in [-0.3, -0.25) is 9.59 Å². The summed E-state index contributed by atoms with van der Waals surface area (Å²) in [4.78, 5) is 21.9. The van der Waals surface area contributed by atoms with Gasteiger partial charge in [-0.2, -0.15) is 0 Å². The summed E-state index contributed by atoms with van der Waals surface area (Å²) < 4.78 is 5.20. The molecule has 6 nitrogen and oxygen atoms in total. The molecule has 0 spiro atoms. The van der Waals surface area contributed by atoms with E-state index in [0.29, 0.717) is 18.8 Å². The maximum atomic E-state index is 11.8. The van der Waals surface area contributed by atoms with Crippen LogP contribution in [0, 0.1) is 5.92 Å². The molecular formula is C22H30N2O4. The SMILES string of the molecule is CC(C)C[C@H](N)C(=O)O.N[C@@H](Cc1ccccc1)C(=O)OCc1ccccc1. The number of esters is 1. The van der Waals surface area contributed by atoms with Crippen molar-refractivity contribution in [3.63, 3.8) is 0 Å². The van der Waals surface area contributed by atoms with Crippen molar-refractivity contribution in [2.45, 2.75) is 45.4 Å². The Hall–Kier alpha value is -2.70. The highest BCUT2D eigenvalue weighted by Crippen LogP contribution is 2.05. The van der Waals surface area contributed by atoms with Gasteiger partial charge in [0.15, 0.2) is 0 Å². The Morgan fingerprint density at radius 1 is 0.893 bits per heavy atom. The van der Waals surface area contributed by atoms with Gasteiger partial charge in [-0.25, -0.2) is 0 Å². The number of hydrogen-bond donors (Lipinski definition) is 3. The molecule has 2 aromatic carbocycles. The van der Waals surface area contributed by atoms with Crippen molar-refractivity contribution in [1.29, 1.82) is 0 Å². The van der Waals surface area contributed by atoms with E-state index >= 15 is 0 Å². The first kappa shape index (κ1) is 23.3. The van der Waals surface area contributed by atoms with Crippen molar-refractivity contribution in [2.75, 3.05) is 0 Å². The lowest BCUT2D eigenvalue weighted by molar-refractivity contribution is -0.146. The van der Waals surface area contributed by atoms with Gasteiger partial charge < -0.3 is 21.3 Å². The van der Waals surface area contributed by atoms with Crippen LogP contribution >= 0.6 is 0 Å². The van der Waals surface area contributed by atoms with Gasteiger partial charge in [-0.15, -0.1) is 0 Å². The highest BCUT2D eigenvalue weighted by atomic mass is 16.5. The minimum atomic E-state index is -0.913. The van der Waals surface area contributed by atoms with Crippen LogP contribution in [0.3, 0.4) is 0 Å². The van der Waals surface area contributed by atoms with Gasteiger partial charge in [0.05, 0.1) is 0 Å². The van der Waals surface area contributed by atoms with E-state index in [0.717, 1.165) is 11.1 Å². The molecule has 0 saturated carbocycles. The fraction of sp³-hybridized carbons (Fsp3) is 0.364. The van der Waals surface area contributed by atoms with Crippen LogP contribution in [0.25, 0.3) is 0 Å². The van der Waals surface area contributed by atoms with Crippen molar-refractivity contribution in [3.05, 3.63) is 71.8 Å². The average Bonchev–Trinajstić information content (AvgIpc) is 2.67. The molecule has 6 heteroatoms. The number of aliphatic carboxylic acids is 1. The van der Waals surface area contributed by atoms with Crippen molar-refractivity contribution in [2.24, 2.45) is 17.4 Å². The van der Waals surface area contributed by atoms with Crippen molar-refractivity contribution < 1.29 is 19.4 Å². The fourth-order valence-electron chi connectivity index (χ4n) is 2.40. The van der Waals surface area contributed by atoms with Gasteiger partial charge in [0, 0.05) is 0 Å². The first-order valence-electron chi connectivity index (χ1n) is 9.28. The molecule has 0 saturated heterocycles. The van der Waals surface area contributed by atoms with E-state index in [1.54, 1.807) is 0 Å². The zero-order valence-electron chi connectivity index (χ0n) is 16.5. The van der Waals surface area contributed by atoms with Crippen LogP contribution in [0.4, 0.5) is 0 Å². The third kappa shape index (κ3) is 9.85. The van der Waals surface area contributed by atoms with E-state index in [9.17, 15) is 9.59 Å². The number of ether oxygens (including phenoxy) is 1. The summed E-state index contributed by atoms with van der Waals surface area (Å²) in [7, 11) is 0. The second kappa shape index (κ2) is 12.6. The number of hydrogen-bond acceptors (Lipinski definition) is 5. The molecule has 2 aromatic rings. The van der Waals surface area contributed by atoms with Crippen LogP contribution < -0.4 is 11.5 Å². The average molecular weight is 386 g/mol. The zero-order chi connectivity index (χ0) is 20.9. The van der Waals surface area contributed by atoms with E-state index in [2.05, 4.69) is 0 Å². The number of rotatable bonds is 8. The monoisotopic (exact) mass is 386 g/mol. The largest absolute Gasteiger partial charge is 0.480 e. The maximum Gasteiger partial charge on any atom is 0.323 e. The third-order valence-electron chi connectivity index (χ3n) is 3.87. The third-order valence-corrected chi connectivity index (χ3v) is 3.87. The van der Waals surface area contributed by atoms with E-state index in [4.69, 9.17) is 21.3 Å². The summed E-state index contributed by atoms with van der Waals surface area (Å²) in [6, 6.07) is 17.9. The number of carboxylic acids is 1. The molecular weight excluding hydrogens is 356 g/mol. The van der Waals surface area contributed by atoms with Crippen LogP contribution in [-0.2, 0) is 27.4 Å². The Balaban J connectivity index is 0.000000370. The topological polar surface area (TPSA) is 116 Å². The Bertz CT molecular complexity index is 705. The molecule has 0 radical (unpaired) electrons. The van der Waals surface area contributed by atoms with Gasteiger partial charge in [-0.05, 0) is 29.9 Å². The molecule has 2 rings (SSSR count). The molecule has 0 bridgehead atoms. The summed E-state index contributed by atoms with van der Waals surface area (Å²) in [5, 5.41) is 8.31. The quantitative estimate of drug-likeness (QED) is 0.601. The van der Waals surface area contributed by atoms with Gasteiger partial charge in [0.1, 0.15) is 18.7 Å². The fourth-order valence-corrected chi connectivity index (χ4v) is 2.40. The van der Waals surface area contributed by atoms with E-state index < -0.39 is 18.1 Å². The smallest absolute Gasteiger partial charge is 0.323 e. The number of benzene rings is 2. The van der Waals surface area contributed by atoms with Gasteiger partial charge in [0.2, 0.25) is 0 Å². The molecule has 0 aliphatic rings. The first-order valence-corrected chi connectivity index (χ1v) is 9.28. The standard InChI is InChI=1S/C16H17NO2.C6H13NO2/c17-15(11-13-7-3-1-4-8-13)16(18)19-12-14-9-5-2-6-10-14;1-4(2)3-5(7)6(8)9/h1-10,15H,11-12,17H2;4-5H,3,7H2,1-2H3,(H,8,9)/t15-;5-/m00/s1. The molecule has 0 aliphatic carbocycles. The molecule has 0 amide bonds. The van der Waals surface area contributed by atoms with Crippen LogP contribution in [-0.4, -0.2) is 29.1 Å². The predicted molar refractivity (Wildman–Crippen MR) is 109 cm³/mol. The van der Waals surface area contributed by atoms with Gasteiger partial charge >= 0.3 is 11.9 Å². The summed E-state index contributed by atoms with van der Waals surface area (Å²) in [6.45, 7) is 4.16.